The van der Waals surface area contributed by atoms with Gasteiger partial charge in [-0.05, 0) is 82.4 Å². The first-order chi connectivity index (χ1) is 15.1. The maximum atomic E-state index is 11.2. The van der Waals surface area contributed by atoms with Crippen molar-refractivity contribution in [2.45, 2.75) is 104 Å². The second kappa shape index (κ2) is 11.6. The van der Waals surface area contributed by atoms with Gasteiger partial charge in [-0.25, -0.2) is 0 Å². The lowest BCUT2D eigenvalue weighted by molar-refractivity contribution is -0.147. The van der Waals surface area contributed by atoms with E-state index in [0.29, 0.717) is 6.42 Å². The highest BCUT2D eigenvalue weighted by Crippen LogP contribution is 2.50. The van der Waals surface area contributed by atoms with E-state index in [2.05, 4.69) is 0 Å². The van der Waals surface area contributed by atoms with Gasteiger partial charge in [-0.1, -0.05) is 38.5 Å². The van der Waals surface area contributed by atoms with E-state index in [9.17, 15) is 30.0 Å². The lowest BCUT2D eigenvalue weighted by atomic mass is 9.87. The van der Waals surface area contributed by atoms with Crippen molar-refractivity contribution >= 4 is 11.9 Å². The summed E-state index contributed by atoms with van der Waals surface area (Å²) in [5.41, 5.74) is 0.762. The summed E-state index contributed by atoms with van der Waals surface area (Å²) in [5.74, 6) is -1.19. The van der Waals surface area contributed by atoms with E-state index in [1.807, 2.05) is 0 Å². The zero-order valence-electron chi connectivity index (χ0n) is 19.7. The summed E-state index contributed by atoms with van der Waals surface area (Å²) in [7, 11) is 0. The van der Waals surface area contributed by atoms with E-state index in [0.717, 1.165) is 94.6 Å². The molecule has 0 bridgehead atoms. The molecule has 0 amide bonds. The van der Waals surface area contributed by atoms with Crippen LogP contribution in [-0.2, 0) is 22.4 Å². The van der Waals surface area contributed by atoms with Crippen molar-refractivity contribution in [3.63, 3.8) is 0 Å². The number of phenols is 2. The summed E-state index contributed by atoms with van der Waals surface area (Å²) in [6.45, 7) is 3.51. The molecule has 6 heteroatoms. The van der Waals surface area contributed by atoms with Gasteiger partial charge in [-0.2, -0.15) is 0 Å². The molecule has 0 radical (unpaired) electrons. The van der Waals surface area contributed by atoms with Gasteiger partial charge in [-0.3, -0.25) is 9.59 Å². The van der Waals surface area contributed by atoms with Crippen molar-refractivity contribution in [2.24, 2.45) is 10.8 Å². The highest BCUT2D eigenvalue weighted by Gasteiger charge is 2.49. The van der Waals surface area contributed by atoms with Gasteiger partial charge in [0.05, 0.1) is 10.8 Å². The third kappa shape index (κ3) is 7.72. The van der Waals surface area contributed by atoms with Crippen LogP contribution in [0.4, 0.5) is 0 Å². The summed E-state index contributed by atoms with van der Waals surface area (Å²) >= 11 is 0. The van der Waals surface area contributed by atoms with Crippen LogP contribution in [0.2, 0.25) is 0 Å². The fourth-order valence-electron chi connectivity index (χ4n) is 4.39. The summed E-state index contributed by atoms with van der Waals surface area (Å²) in [6, 6.07) is 3.14. The molecule has 0 saturated heterocycles. The first-order valence-electron chi connectivity index (χ1n) is 12.1. The largest absolute Gasteiger partial charge is 0.508 e. The molecule has 4 N–H and O–H groups in total. The molecule has 0 aromatic heterocycles. The molecule has 1 saturated carbocycles. The van der Waals surface area contributed by atoms with Crippen LogP contribution in [0.1, 0.15) is 102 Å². The van der Waals surface area contributed by atoms with E-state index in [1.165, 1.54) is 6.07 Å². The Bertz CT molecular complexity index is 779. The Labute approximate surface area is 191 Å². The van der Waals surface area contributed by atoms with Crippen molar-refractivity contribution in [3.05, 3.63) is 23.3 Å². The summed E-state index contributed by atoms with van der Waals surface area (Å²) in [4.78, 5) is 22.4. The van der Waals surface area contributed by atoms with E-state index < -0.39 is 22.8 Å². The topological polar surface area (TPSA) is 115 Å². The first-order valence-corrected chi connectivity index (χ1v) is 12.1. The van der Waals surface area contributed by atoms with Gasteiger partial charge < -0.3 is 20.4 Å². The molecule has 6 nitrogen and oxygen atoms in total. The minimum Gasteiger partial charge on any atom is -0.508 e. The molecule has 1 fully saturated rings. The van der Waals surface area contributed by atoms with Crippen LogP contribution in [0.25, 0.3) is 0 Å². The van der Waals surface area contributed by atoms with Crippen LogP contribution in [-0.4, -0.2) is 32.4 Å². The molecule has 32 heavy (non-hydrogen) atoms. The molecule has 2 rings (SSSR count). The molecule has 0 spiro atoms. The zero-order chi connectivity index (χ0) is 23.8. The Morgan fingerprint density at radius 3 is 2.06 bits per heavy atom. The van der Waals surface area contributed by atoms with Crippen molar-refractivity contribution in [1.82, 2.24) is 0 Å². The lowest BCUT2D eigenvalue weighted by Gasteiger charge is -2.18. The van der Waals surface area contributed by atoms with Gasteiger partial charge in [-0.15, -0.1) is 0 Å². The number of carboxylic acid groups (broad SMARTS) is 2. The molecule has 1 aliphatic rings. The van der Waals surface area contributed by atoms with Gasteiger partial charge in [0.2, 0.25) is 0 Å². The number of benzene rings is 1. The van der Waals surface area contributed by atoms with Gasteiger partial charge >= 0.3 is 11.9 Å². The van der Waals surface area contributed by atoms with Crippen molar-refractivity contribution in [2.75, 3.05) is 0 Å². The second-order valence-corrected chi connectivity index (χ2v) is 10.2. The molecular weight excluding hydrogens is 408 g/mol. The molecular formula is C26H40O6. The molecule has 0 unspecified atom stereocenters. The molecule has 1 aromatic carbocycles. The predicted molar refractivity (Wildman–Crippen MR) is 124 cm³/mol. The van der Waals surface area contributed by atoms with Gasteiger partial charge in [0.1, 0.15) is 11.5 Å². The fourth-order valence-corrected chi connectivity index (χ4v) is 4.39. The Balaban J connectivity index is 1.72. The van der Waals surface area contributed by atoms with Gasteiger partial charge in [0.25, 0.3) is 0 Å². The maximum Gasteiger partial charge on any atom is 0.309 e. The van der Waals surface area contributed by atoms with Gasteiger partial charge in [0, 0.05) is 6.07 Å². The summed E-state index contributed by atoms with van der Waals surface area (Å²) in [6.07, 6.45) is 12.2. The SMILES string of the molecule is CC(C)(CCCCCCc1c(O)cc(O)cc1CCCCCCC1(C(=O)O)CC1)C(=O)O. The Morgan fingerprint density at radius 1 is 0.875 bits per heavy atom. The van der Waals surface area contributed by atoms with E-state index >= 15 is 0 Å². The van der Waals surface area contributed by atoms with Crippen LogP contribution in [0.5, 0.6) is 11.5 Å². The first kappa shape index (κ1) is 26.0. The summed E-state index contributed by atoms with van der Waals surface area (Å²) < 4.78 is 0. The number of unbranched alkanes of at least 4 members (excludes halogenated alkanes) is 6. The molecule has 1 aliphatic carbocycles. The number of aryl methyl sites for hydroxylation is 1. The fraction of sp³-hybridized carbons (Fsp3) is 0.692. The molecule has 0 aliphatic heterocycles. The summed E-state index contributed by atoms with van der Waals surface area (Å²) in [5, 5.41) is 38.7. The van der Waals surface area contributed by atoms with Crippen LogP contribution in [0.3, 0.4) is 0 Å². The van der Waals surface area contributed by atoms with Crippen LogP contribution >= 0.6 is 0 Å². The quantitative estimate of drug-likeness (QED) is 0.229. The van der Waals surface area contributed by atoms with Crippen molar-refractivity contribution in [1.29, 1.82) is 0 Å². The number of aromatic hydroxyl groups is 2. The minimum atomic E-state index is -0.759. The van der Waals surface area contributed by atoms with E-state index in [-0.39, 0.29) is 11.5 Å². The second-order valence-electron chi connectivity index (χ2n) is 10.2. The van der Waals surface area contributed by atoms with Crippen LogP contribution in [0.15, 0.2) is 12.1 Å². The maximum absolute atomic E-state index is 11.2. The van der Waals surface area contributed by atoms with Gasteiger partial charge in [0.15, 0.2) is 0 Å². The Hall–Kier alpha value is -2.24. The lowest BCUT2D eigenvalue weighted by Crippen LogP contribution is -2.23. The molecule has 1 aromatic rings. The van der Waals surface area contributed by atoms with Crippen LogP contribution in [0, 0.1) is 10.8 Å². The number of hydrogen-bond acceptors (Lipinski definition) is 4. The monoisotopic (exact) mass is 448 g/mol. The van der Waals surface area contributed by atoms with Crippen molar-refractivity contribution in [3.8, 4) is 11.5 Å². The smallest absolute Gasteiger partial charge is 0.309 e. The number of phenolic OH excluding ortho intramolecular Hbond substituents is 2. The van der Waals surface area contributed by atoms with E-state index in [4.69, 9.17) is 0 Å². The van der Waals surface area contributed by atoms with Crippen LogP contribution < -0.4 is 0 Å². The average Bonchev–Trinajstić information content (AvgIpc) is 3.49. The number of carboxylic acids is 2. The number of rotatable bonds is 16. The highest BCUT2D eigenvalue weighted by atomic mass is 16.4. The number of aliphatic carboxylic acids is 2. The Kier molecular flexibility index (Phi) is 9.41. The Morgan fingerprint density at radius 2 is 1.47 bits per heavy atom. The standard InChI is InChI=1S/C26H40O6/c1-25(2,23(29)30)13-9-5-4-8-12-21-19(17-20(27)18-22(21)28)11-7-3-6-10-14-26(15-16-26)24(31)32/h17-18,27-28H,3-16H2,1-2H3,(H,29,30)(H,31,32). The van der Waals surface area contributed by atoms with Crippen molar-refractivity contribution < 1.29 is 30.0 Å². The normalized spacial score (nSPS) is 14.9. The zero-order valence-corrected chi connectivity index (χ0v) is 19.7. The molecule has 0 heterocycles. The number of hydrogen-bond donors (Lipinski definition) is 4. The highest BCUT2D eigenvalue weighted by molar-refractivity contribution is 5.77. The molecule has 180 valence electrons. The number of carbonyl (C=O) groups is 2. The minimum absolute atomic E-state index is 0.0780. The third-order valence-electron chi connectivity index (χ3n) is 7.02. The average molecular weight is 449 g/mol. The predicted octanol–water partition coefficient (Wildman–Crippen LogP) is 6.06. The third-order valence-corrected chi connectivity index (χ3v) is 7.02. The van der Waals surface area contributed by atoms with E-state index in [1.54, 1.807) is 19.9 Å². The molecule has 0 atom stereocenters.